The third-order valence-corrected chi connectivity index (χ3v) is 7.16. The summed E-state index contributed by atoms with van der Waals surface area (Å²) in [6, 6.07) is 7.58. The number of carbonyl (C=O) groups is 1. The lowest BCUT2D eigenvalue weighted by molar-refractivity contribution is -0.151. The fourth-order valence-corrected chi connectivity index (χ4v) is 5.23. The van der Waals surface area contributed by atoms with E-state index in [-0.39, 0.29) is 5.75 Å². The number of rotatable bonds is 10. The Labute approximate surface area is 226 Å². The highest BCUT2D eigenvalue weighted by Crippen LogP contribution is 2.51. The van der Waals surface area contributed by atoms with Crippen LogP contribution in [0.25, 0.3) is 0 Å². The molecule has 0 radical (unpaired) electrons. The van der Waals surface area contributed by atoms with Gasteiger partial charge in [0.15, 0.2) is 11.8 Å². The molecule has 0 spiro atoms. The number of aromatic nitrogens is 3. The highest BCUT2D eigenvalue weighted by Gasteiger charge is 2.56. The third-order valence-electron chi connectivity index (χ3n) is 5.29. The number of carbonyl (C=O) groups excluding carboxylic acids is 1. The van der Waals surface area contributed by atoms with Gasteiger partial charge < -0.3 is 29.9 Å². The molecular weight excluding hydrogens is 538 g/mol. The van der Waals surface area contributed by atoms with Crippen LogP contribution in [0.15, 0.2) is 41.5 Å². The number of para-hydroxylation sites is 1. The van der Waals surface area contributed by atoms with Crippen molar-refractivity contribution in [3.63, 3.8) is 0 Å². The Morgan fingerprint density at radius 1 is 1.38 bits per heavy atom. The highest BCUT2D eigenvalue weighted by molar-refractivity contribution is 7.54. The molecule has 4 N–H and O–H groups in total. The van der Waals surface area contributed by atoms with E-state index in [4.69, 9.17) is 27.0 Å². The molecule has 2 aromatic rings. The van der Waals surface area contributed by atoms with Crippen LogP contribution in [0.5, 0.6) is 5.75 Å². The normalized spacial score (nSPS) is 26.0. The number of nitrogens with zero attached hydrogens (tertiary/aromatic N) is 3. The average molecular weight is 571 g/mol. The van der Waals surface area contributed by atoms with Gasteiger partial charge in [0.25, 0.3) is 0 Å². The lowest BCUT2D eigenvalue weighted by Crippen LogP contribution is -2.48. The van der Waals surface area contributed by atoms with Crippen molar-refractivity contribution in [3.05, 3.63) is 47.1 Å². The van der Waals surface area contributed by atoms with Gasteiger partial charge in [0.2, 0.25) is 5.95 Å². The number of hydrogen-bond acceptors (Lipinski definition) is 12. The lowest BCUT2D eigenvalue weighted by atomic mass is 9.94. The van der Waals surface area contributed by atoms with Gasteiger partial charge in [-0.05, 0) is 26.0 Å². The molecule has 1 unspecified atom stereocenters. The van der Waals surface area contributed by atoms with Crippen LogP contribution in [0, 0.1) is 17.8 Å². The Kier molecular flexibility index (Phi) is 8.85. The maximum atomic E-state index is 14.0. The number of nitrogens with two attached hydrogens (primary N) is 1. The molecule has 1 aliphatic rings. The van der Waals surface area contributed by atoms with Crippen LogP contribution in [0.1, 0.15) is 29.7 Å². The summed E-state index contributed by atoms with van der Waals surface area (Å²) in [5.74, 6) is 1.70. The second-order valence-electron chi connectivity index (χ2n) is 8.81. The summed E-state index contributed by atoms with van der Waals surface area (Å²) in [6.45, 7) is 0.0938. The molecular formula is C24H30FN4O9P. The molecule has 13 nitrogen and oxygen atoms in total. The number of halogens is 1. The topological polar surface area (TPSA) is 185 Å². The standard InChI is InChI=1S/C24H30FN4O9P/c1-15(2)36-20(31)16(3)13-39(34,38-17-8-5-4-6-9-17)35-12-18-19(30)24(33,10-7-11-25)21(37-18)29-14-27-22(26)28-23(29)32/h4-6,8-9,14-16,18-19,21,30,33H,11-13H2,1-3H3,(H2,26,28,32)/t16-,18-,19+,21-,24?,39+/m1/s1/i12D2. The fourth-order valence-electron chi connectivity index (χ4n) is 3.52. The van der Waals surface area contributed by atoms with Gasteiger partial charge in [-0.25, -0.2) is 18.7 Å². The van der Waals surface area contributed by atoms with Crippen LogP contribution in [0.2, 0.25) is 0 Å². The first-order valence-corrected chi connectivity index (χ1v) is 13.4. The summed E-state index contributed by atoms with van der Waals surface area (Å²) < 4.78 is 66.1. The largest absolute Gasteiger partial charge is 0.463 e. The van der Waals surface area contributed by atoms with Gasteiger partial charge >= 0.3 is 19.3 Å². The maximum Gasteiger partial charge on any atom is 0.380 e. The van der Waals surface area contributed by atoms with Crippen LogP contribution in [-0.4, -0.2) is 74.0 Å². The molecule has 39 heavy (non-hydrogen) atoms. The Hall–Kier alpha value is -3.34. The van der Waals surface area contributed by atoms with Crippen molar-refractivity contribution in [1.29, 1.82) is 0 Å². The van der Waals surface area contributed by atoms with Crippen LogP contribution in [-0.2, 0) is 23.4 Å². The number of benzene rings is 1. The molecule has 1 aliphatic heterocycles. The van der Waals surface area contributed by atoms with Crippen LogP contribution in [0.3, 0.4) is 0 Å². The molecule has 0 saturated carbocycles. The van der Waals surface area contributed by atoms with Crippen molar-refractivity contribution in [2.45, 2.75) is 50.9 Å². The van der Waals surface area contributed by atoms with E-state index >= 15 is 0 Å². The molecule has 1 aromatic carbocycles. The van der Waals surface area contributed by atoms with E-state index in [1.807, 2.05) is 11.8 Å². The minimum Gasteiger partial charge on any atom is -0.463 e. The Morgan fingerprint density at radius 2 is 2.08 bits per heavy atom. The third kappa shape index (κ3) is 7.40. The Bertz CT molecular complexity index is 1400. The lowest BCUT2D eigenvalue weighted by Gasteiger charge is -2.26. The predicted molar refractivity (Wildman–Crippen MR) is 135 cm³/mol. The molecule has 0 aliphatic carbocycles. The maximum absolute atomic E-state index is 14.0. The first kappa shape index (κ1) is 27.2. The zero-order chi connectivity index (χ0) is 30.6. The van der Waals surface area contributed by atoms with Crippen LogP contribution < -0.4 is 15.9 Å². The van der Waals surface area contributed by atoms with Crippen molar-refractivity contribution in [2.24, 2.45) is 5.92 Å². The molecule has 1 saturated heterocycles. The Balaban J connectivity index is 2.00. The number of ether oxygens (including phenoxy) is 2. The van der Waals surface area contributed by atoms with Crippen molar-refractivity contribution < 1.29 is 45.2 Å². The quantitative estimate of drug-likeness (QED) is 0.210. The van der Waals surface area contributed by atoms with Crippen molar-refractivity contribution in [3.8, 4) is 17.6 Å². The Morgan fingerprint density at radius 3 is 2.69 bits per heavy atom. The smallest absolute Gasteiger partial charge is 0.380 e. The summed E-state index contributed by atoms with van der Waals surface area (Å²) >= 11 is 0. The number of aliphatic hydroxyl groups excluding tert-OH is 1. The van der Waals surface area contributed by atoms with Gasteiger partial charge in [0.1, 0.15) is 31.0 Å². The van der Waals surface area contributed by atoms with E-state index in [1.165, 1.54) is 19.1 Å². The molecule has 212 valence electrons. The summed E-state index contributed by atoms with van der Waals surface area (Å²) in [4.78, 5) is 31.9. The van der Waals surface area contributed by atoms with E-state index in [0.717, 1.165) is 6.33 Å². The highest BCUT2D eigenvalue weighted by atomic mass is 31.2. The SMILES string of the molecule is [2H]C([2H])(O[P@@](=O)(C[C@@H](C)C(=O)OC(C)C)Oc1ccccc1)[C@H]1O[C@@H](n2cnc(N)nc2=O)C(O)(C#CCF)[C@H]1O. The van der Waals surface area contributed by atoms with E-state index in [1.54, 1.807) is 32.0 Å². The number of nitrogen functional groups attached to an aromatic ring is 1. The van der Waals surface area contributed by atoms with Gasteiger partial charge in [0, 0.05) is 0 Å². The second-order valence-corrected chi connectivity index (χ2v) is 10.8. The number of aliphatic hydroxyl groups is 2. The predicted octanol–water partition coefficient (Wildman–Crippen LogP) is 1.06. The summed E-state index contributed by atoms with van der Waals surface area (Å²) in [6.07, 6.45) is -6.83. The summed E-state index contributed by atoms with van der Waals surface area (Å²) in [7, 11) is -4.62. The minimum atomic E-state index is -4.62. The summed E-state index contributed by atoms with van der Waals surface area (Å²) in [5.41, 5.74) is 1.48. The van der Waals surface area contributed by atoms with Gasteiger partial charge in [-0.3, -0.25) is 13.9 Å². The van der Waals surface area contributed by atoms with E-state index in [2.05, 4.69) is 9.97 Å². The van der Waals surface area contributed by atoms with Crippen LogP contribution >= 0.6 is 7.60 Å². The molecule has 0 amide bonds. The second kappa shape index (κ2) is 12.7. The van der Waals surface area contributed by atoms with Gasteiger partial charge in [-0.1, -0.05) is 37.0 Å². The number of anilines is 1. The monoisotopic (exact) mass is 570 g/mol. The average Bonchev–Trinajstić information content (AvgIpc) is 3.13. The zero-order valence-corrected chi connectivity index (χ0v) is 22.2. The van der Waals surface area contributed by atoms with E-state index in [0.29, 0.717) is 4.57 Å². The molecule has 0 bridgehead atoms. The number of alkyl halides is 1. The molecule has 3 rings (SSSR count). The zero-order valence-electron chi connectivity index (χ0n) is 23.3. The molecule has 1 aromatic heterocycles. The van der Waals surface area contributed by atoms with E-state index < -0.39 is 80.7 Å². The van der Waals surface area contributed by atoms with Crippen LogP contribution in [0.4, 0.5) is 10.3 Å². The molecule has 15 heteroatoms. The van der Waals surface area contributed by atoms with Gasteiger partial charge in [-0.2, -0.15) is 4.98 Å². The van der Waals surface area contributed by atoms with Crippen molar-refractivity contribution >= 4 is 19.5 Å². The molecule has 2 heterocycles. The van der Waals surface area contributed by atoms with Crippen molar-refractivity contribution in [2.75, 3.05) is 25.1 Å². The van der Waals surface area contributed by atoms with Gasteiger partial charge in [0.05, 0.1) is 27.5 Å². The number of hydrogen-bond donors (Lipinski definition) is 3. The minimum absolute atomic E-state index is 0.0118. The summed E-state index contributed by atoms with van der Waals surface area (Å²) in [5, 5.41) is 22.2. The van der Waals surface area contributed by atoms with Crippen molar-refractivity contribution in [1.82, 2.24) is 14.5 Å². The number of esters is 1. The molecule has 1 fully saturated rings. The van der Waals surface area contributed by atoms with Gasteiger partial charge in [-0.15, -0.1) is 0 Å². The first-order valence-electron chi connectivity index (χ1n) is 12.7. The fraction of sp³-hybridized carbons (Fsp3) is 0.500. The first-order chi connectivity index (χ1) is 19.1. The molecule has 6 atom stereocenters. The van der Waals surface area contributed by atoms with E-state index in [9.17, 15) is 28.8 Å².